The van der Waals surface area contributed by atoms with Gasteiger partial charge in [-0.3, -0.25) is 0 Å². The molecule has 1 saturated carbocycles. The van der Waals surface area contributed by atoms with E-state index in [-0.39, 0.29) is 0 Å². The van der Waals surface area contributed by atoms with E-state index in [1.807, 2.05) is 0 Å². The molecule has 0 radical (unpaired) electrons. The second kappa shape index (κ2) is 6.91. The molecule has 1 aromatic rings. The van der Waals surface area contributed by atoms with Gasteiger partial charge < -0.3 is 10.6 Å². The van der Waals surface area contributed by atoms with Crippen LogP contribution in [0.15, 0.2) is 30.3 Å². The van der Waals surface area contributed by atoms with Crippen LogP contribution in [0.4, 0.5) is 0 Å². The highest BCUT2D eigenvalue weighted by atomic mass is 15.1. The van der Waals surface area contributed by atoms with Crippen LogP contribution in [-0.4, -0.2) is 30.6 Å². The second-order valence-corrected chi connectivity index (χ2v) is 5.64. The molecule has 2 N–H and O–H groups in total. The fraction of sp³-hybridized carbons (Fsp3) is 0.625. The molecular formula is C16H26N2. The molecular weight excluding hydrogens is 220 g/mol. The smallest absolute Gasteiger partial charge is 0.00933 e. The third kappa shape index (κ3) is 4.11. The predicted molar refractivity (Wildman–Crippen MR) is 77.6 cm³/mol. The minimum absolute atomic E-state index is 0.457. The molecule has 1 aromatic carbocycles. The summed E-state index contributed by atoms with van der Waals surface area (Å²) in [6, 6.07) is 12.0. The van der Waals surface area contributed by atoms with Crippen LogP contribution in [0.3, 0.4) is 0 Å². The van der Waals surface area contributed by atoms with E-state index in [2.05, 4.69) is 42.3 Å². The fourth-order valence-electron chi connectivity index (χ4n) is 2.90. The molecule has 0 amide bonds. The van der Waals surface area contributed by atoms with Gasteiger partial charge in [0.1, 0.15) is 0 Å². The molecule has 1 fully saturated rings. The van der Waals surface area contributed by atoms with Gasteiger partial charge in [0, 0.05) is 12.1 Å². The molecule has 18 heavy (non-hydrogen) atoms. The zero-order valence-electron chi connectivity index (χ0n) is 11.5. The fourth-order valence-corrected chi connectivity index (χ4v) is 2.90. The maximum absolute atomic E-state index is 5.95. The number of hydrogen-bond donors (Lipinski definition) is 1. The molecule has 0 aromatic heterocycles. The Kier molecular flexibility index (Phi) is 5.21. The lowest BCUT2D eigenvalue weighted by Gasteiger charge is -2.33. The van der Waals surface area contributed by atoms with Crippen LogP contribution in [0.25, 0.3) is 0 Å². The summed E-state index contributed by atoms with van der Waals surface area (Å²) in [7, 11) is 2.27. The summed E-state index contributed by atoms with van der Waals surface area (Å²) in [5, 5.41) is 0. The first-order valence-electron chi connectivity index (χ1n) is 7.25. The van der Waals surface area contributed by atoms with E-state index in [0.717, 1.165) is 6.04 Å². The zero-order valence-corrected chi connectivity index (χ0v) is 11.5. The predicted octanol–water partition coefficient (Wildman–Crippen LogP) is 2.82. The standard InChI is InChI=1S/C16H26N2/c1-18(16-11-9-15(17)10-12-16)13-5-8-14-6-3-2-4-7-14/h2-4,6-7,15-16H,5,8-13,17H2,1H3. The third-order valence-electron chi connectivity index (χ3n) is 4.18. The lowest BCUT2D eigenvalue weighted by atomic mass is 9.91. The summed E-state index contributed by atoms with van der Waals surface area (Å²) in [6.07, 6.45) is 7.41. The highest BCUT2D eigenvalue weighted by molar-refractivity contribution is 5.14. The summed E-state index contributed by atoms with van der Waals surface area (Å²) in [4.78, 5) is 2.54. The molecule has 2 nitrogen and oxygen atoms in total. The minimum Gasteiger partial charge on any atom is -0.328 e. The van der Waals surface area contributed by atoms with Crippen molar-refractivity contribution in [3.63, 3.8) is 0 Å². The van der Waals surface area contributed by atoms with E-state index < -0.39 is 0 Å². The van der Waals surface area contributed by atoms with Crippen molar-refractivity contribution in [2.24, 2.45) is 5.73 Å². The first kappa shape index (κ1) is 13.6. The number of aryl methyl sites for hydroxylation is 1. The Labute approximate surface area is 111 Å². The van der Waals surface area contributed by atoms with Crippen LogP contribution in [0.1, 0.15) is 37.7 Å². The van der Waals surface area contributed by atoms with Crippen LogP contribution in [0.2, 0.25) is 0 Å². The molecule has 0 unspecified atom stereocenters. The van der Waals surface area contributed by atoms with E-state index >= 15 is 0 Å². The van der Waals surface area contributed by atoms with Gasteiger partial charge in [0.15, 0.2) is 0 Å². The molecule has 0 heterocycles. The monoisotopic (exact) mass is 246 g/mol. The van der Waals surface area contributed by atoms with Crippen molar-refractivity contribution >= 4 is 0 Å². The molecule has 0 atom stereocenters. The molecule has 1 aliphatic carbocycles. The molecule has 0 saturated heterocycles. The number of benzene rings is 1. The third-order valence-corrected chi connectivity index (χ3v) is 4.18. The van der Waals surface area contributed by atoms with Crippen molar-refractivity contribution < 1.29 is 0 Å². The lowest BCUT2D eigenvalue weighted by molar-refractivity contribution is 0.181. The Bertz CT molecular complexity index is 328. The van der Waals surface area contributed by atoms with Crippen LogP contribution >= 0.6 is 0 Å². The largest absolute Gasteiger partial charge is 0.328 e. The Hall–Kier alpha value is -0.860. The maximum atomic E-state index is 5.95. The van der Waals surface area contributed by atoms with Gasteiger partial charge in [-0.2, -0.15) is 0 Å². The van der Waals surface area contributed by atoms with Gasteiger partial charge in [-0.25, -0.2) is 0 Å². The summed E-state index contributed by atoms with van der Waals surface area (Å²) in [5.41, 5.74) is 7.41. The molecule has 100 valence electrons. The van der Waals surface area contributed by atoms with Gasteiger partial charge in [-0.15, -0.1) is 0 Å². The van der Waals surface area contributed by atoms with E-state index in [1.165, 1.54) is 50.6 Å². The molecule has 0 bridgehead atoms. The SMILES string of the molecule is CN(CCCc1ccccc1)C1CCC(N)CC1. The van der Waals surface area contributed by atoms with Gasteiger partial charge in [0.05, 0.1) is 0 Å². The van der Waals surface area contributed by atoms with Crippen LogP contribution < -0.4 is 5.73 Å². The number of hydrogen-bond acceptors (Lipinski definition) is 2. The zero-order chi connectivity index (χ0) is 12.8. The highest BCUT2D eigenvalue weighted by Gasteiger charge is 2.21. The van der Waals surface area contributed by atoms with E-state index in [9.17, 15) is 0 Å². The van der Waals surface area contributed by atoms with Gasteiger partial charge in [-0.1, -0.05) is 30.3 Å². The van der Waals surface area contributed by atoms with Crippen molar-refractivity contribution in [1.29, 1.82) is 0 Å². The molecule has 2 heteroatoms. The average Bonchev–Trinajstić information content (AvgIpc) is 2.40. The number of nitrogens with zero attached hydrogens (tertiary/aromatic N) is 1. The van der Waals surface area contributed by atoms with Crippen LogP contribution in [0, 0.1) is 0 Å². The van der Waals surface area contributed by atoms with E-state index in [4.69, 9.17) is 5.73 Å². The molecule has 2 rings (SSSR count). The Morgan fingerprint density at radius 3 is 2.44 bits per heavy atom. The maximum Gasteiger partial charge on any atom is 0.00933 e. The summed E-state index contributed by atoms with van der Waals surface area (Å²) in [5.74, 6) is 0. The molecule has 0 spiro atoms. The van der Waals surface area contributed by atoms with Crippen LogP contribution in [-0.2, 0) is 6.42 Å². The summed E-state index contributed by atoms with van der Waals surface area (Å²) < 4.78 is 0. The van der Waals surface area contributed by atoms with E-state index in [1.54, 1.807) is 0 Å². The Morgan fingerprint density at radius 1 is 1.11 bits per heavy atom. The normalized spacial score (nSPS) is 24.4. The second-order valence-electron chi connectivity index (χ2n) is 5.64. The van der Waals surface area contributed by atoms with Gasteiger partial charge in [-0.05, 0) is 57.7 Å². The van der Waals surface area contributed by atoms with Gasteiger partial charge >= 0.3 is 0 Å². The summed E-state index contributed by atoms with van der Waals surface area (Å²) >= 11 is 0. The molecule has 0 aliphatic heterocycles. The number of rotatable bonds is 5. The topological polar surface area (TPSA) is 29.3 Å². The highest BCUT2D eigenvalue weighted by Crippen LogP contribution is 2.21. The number of nitrogens with two attached hydrogens (primary N) is 1. The lowest BCUT2D eigenvalue weighted by Crippen LogP contribution is -2.39. The molecule has 1 aliphatic rings. The minimum atomic E-state index is 0.457. The first-order chi connectivity index (χ1) is 8.75. The van der Waals surface area contributed by atoms with Crippen molar-refractivity contribution in [1.82, 2.24) is 4.90 Å². The van der Waals surface area contributed by atoms with Crippen molar-refractivity contribution in [3.8, 4) is 0 Å². The van der Waals surface area contributed by atoms with Crippen molar-refractivity contribution in [3.05, 3.63) is 35.9 Å². The Morgan fingerprint density at radius 2 is 1.78 bits per heavy atom. The van der Waals surface area contributed by atoms with Crippen molar-refractivity contribution in [2.45, 2.75) is 50.6 Å². The average molecular weight is 246 g/mol. The Balaban J connectivity index is 1.67. The summed E-state index contributed by atoms with van der Waals surface area (Å²) in [6.45, 7) is 1.20. The van der Waals surface area contributed by atoms with Gasteiger partial charge in [0.25, 0.3) is 0 Å². The van der Waals surface area contributed by atoms with Crippen molar-refractivity contribution in [2.75, 3.05) is 13.6 Å². The van der Waals surface area contributed by atoms with E-state index in [0.29, 0.717) is 6.04 Å². The van der Waals surface area contributed by atoms with Crippen LogP contribution in [0.5, 0.6) is 0 Å². The quantitative estimate of drug-likeness (QED) is 0.865. The first-order valence-corrected chi connectivity index (χ1v) is 7.25. The van der Waals surface area contributed by atoms with Gasteiger partial charge in [0.2, 0.25) is 0 Å².